The summed E-state index contributed by atoms with van der Waals surface area (Å²) in [4.78, 5) is 0. The second-order valence-corrected chi connectivity index (χ2v) is 3.83. The molecule has 0 aromatic carbocycles. The number of hydrogen-bond donors (Lipinski definition) is 0. The fraction of sp³-hybridized carbons (Fsp3) is 0.444. The number of hydrogen-bond acceptors (Lipinski definition) is 5. The van der Waals surface area contributed by atoms with Gasteiger partial charge in [-0.15, -0.1) is 10.2 Å². The van der Waals surface area contributed by atoms with Gasteiger partial charge in [0, 0.05) is 12.7 Å². The van der Waals surface area contributed by atoms with Gasteiger partial charge >= 0.3 is 0 Å². The van der Waals surface area contributed by atoms with Crippen LogP contribution in [0.1, 0.15) is 12.6 Å². The molecule has 5 nitrogen and oxygen atoms in total. The van der Waals surface area contributed by atoms with Crippen molar-refractivity contribution in [3.05, 3.63) is 11.8 Å². The van der Waals surface area contributed by atoms with Crippen LogP contribution in [0.15, 0.2) is 15.7 Å². The molecule has 0 spiro atoms. The molecule has 2 aromatic rings. The van der Waals surface area contributed by atoms with Crippen molar-refractivity contribution >= 4 is 11.8 Å². The summed E-state index contributed by atoms with van der Waals surface area (Å²) >= 11 is 1.43. The van der Waals surface area contributed by atoms with Gasteiger partial charge in [0.15, 0.2) is 0 Å². The Labute approximate surface area is 91.9 Å². The van der Waals surface area contributed by atoms with Crippen molar-refractivity contribution < 1.29 is 4.42 Å². The third-order valence-corrected chi connectivity index (χ3v) is 2.65. The van der Waals surface area contributed by atoms with Gasteiger partial charge in [0.2, 0.25) is 0 Å². The van der Waals surface area contributed by atoms with Gasteiger partial charge in [-0.1, -0.05) is 18.7 Å². The highest BCUT2D eigenvalue weighted by Crippen LogP contribution is 2.21. The molecule has 6 heteroatoms. The largest absolute Gasteiger partial charge is 0.410 e. The summed E-state index contributed by atoms with van der Waals surface area (Å²) in [6, 6.07) is 1.97. The third-order valence-electron chi connectivity index (χ3n) is 2.14. The van der Waals surface area contributed by atoms with Gasteiger partial charge in [-0.25, -0.2) is 0 Å². The molecule has 2 rings (SSSR count). The highest BCUT2D eigenvalue weighted by atomic mass is 32.2. The van der Waals surface area contributed by atoms with E-state index in [1.165, 1.54) is 11.8 Å². The molecule has 0 N–H and O–H groups in total. The predicted octanol–water partition coefficient (Wildman–Crippen LogP) is 1.75. The first-order chi connectivity index (χ1) is 7.24. The van der Waals surface area contributed by atoms with Crippen molar-refractivity contribution in [3.8, 4) is 11.6 Å². The number of nitrogens with zero attached hydrogens (tertiary/aromatic N) is 4. The average Bonchev–Trinajstić information content (AvgIpc) is 2.83. The van der Waals surface area contributed by atoms with Gasteiger partial charge in [0.25, 0.3) is 11.1 Å². The monoisotopic (exact) mass is 224 g/mol. The highest BCUT2D eigenvalue weighted by molar-refractivity contribution is 7.98. The van der Waals surface area contributed by atoms with E-state index in [1.54, 1.807) is 0 Å². The van der Waals surface area contributed by atoms with Crippen molar-refractivity contribution in [2.24, 2.45) is 7.05 Å². The van der Waals surface area contributed by atoms with E-state index >= 15 is 0 Å². The summed E-state index contributed by atoms with van der Waals surface area (Å²) in [7, 11) is 1.91. The summed E-state index contributed by atoms with van der Waals surface area (Å²) in [5.74, 6) is 0.481. The van der Waals surface area contributed by atoms with E-state index in [9.17, 15) is 0 Å². The number of thioether (sulfide) groups is 1. The Morgan fingerprint density at radius 1 is 1.47 bits per heavy atom. The van der Waals surface area contributed by atoms with Gasteiger partial charge in [-0.2, -0.15) is 5.10 Å². The van der Waals surface area contributed by atoms with Gasteiger partial charge in [0.05, 0.1) is 0 Å². The van der Waals surface area contributed by atoms with Crippen molar-refractivity contribution in [2.75, 3.05) is 6.26 Å². The third kappa shape index (κ3) is 1.90. The summed E-state index contributed by atoms with van der Waals surface area (Å²) in [5.41, 5.74) is 1.89. The van der Waals surface area contributed by atoms with E-state index in [0.717, 1.165) is 17.8 Å². The second-order valence-electron chi connectivity index (χ2n) is 3.08. The van der Waals surface area contributed by atoms with Gasteiger partial charge in [0.1, 0.15) is 5.69 Å². The Hall–Kier alpha value is -1.30. The predicted molar refractivity (Wildman–Crippen MR) is 57.7 cm³/mol. The molecular formula is C9H12N4OS. The minimum absolute atomic E-state index is 0.481. The van der Waals surface area contributed by atoms with Crippen molar-refractivity contribution in [1.29, 1.82) is 0 Å². The van der Waals surface area contributed by atoms with E-state index in [-0.39, 0.29) is 0 Å². The molecule has 0 amide bonds. The topological polar surface area (TPSA) is 56.7 Å². The molecule has 0 saturated heterocycles. The van der Waals surface area contributed by atoms with Crippen LogP contribution >= 0.6 is 11.8 Å². The summed E-state index contributed by atoms with van der Waals surface area (Å²) in [6.45, 7) is 2.09. The maximum absolute atomic E-state index is 5.40. The second kappa shape index (κ2) is 4.06. The smallest absolute Gasteiger partial charge is 0.276 e. The Morgan fingerprint density at radius 2 is 2.27 bits per heavy atom. The number of aryl methyl sites for hydroxylation is 2. The first-order valence-electron chi connectivity index (χ1n) is 4.65. The van der Waals surface area contributed by atoms with E-state index in [0.29, 0.717) is 11.1 Å². The standard InChI is InChI=1S/C9H12N4OS/c1-4-6-5-7(12-13(6)2)8-10-11-9(14-8)15-3/h5H,4H2,1-3H3. The Morgan fingerprint density at radius 3 is 2.80 bits per heavy atom. The van der Waals surface area contributed by atoms with Crippen LogP contribution < -0.4 is 0 Å². The highest BCUT2D eigenvalue weighted by Gasteiger charge is 2.12. The molecule has 0 aliphatic heterocycles. The van der Waals surface area contributed by atoms with Crippen LogP contribution in [0.25, 0.3) is 11.6 Å². The zero-order chi connectivity index (χ0) is 10.8. The van der Waals surface area contributed by atoms with Crippen LogP contribution in [-0.2, 0) is 13.5 Å². The Balaban J connectivity index is 2.36. The molecule has 0 radical (unpaired) electrons. The molecule has 0 unspecified atom stereocenters. The maximum atomic E-state index is 5.40. The molecule has 15 heavy (non-hydrogen) atoms. The Kier molecular flexibility index (Phi) is 2.77. The quantitative estimate of drug-likeness (QED) is 0.743. The molecule has 0 aliphatic rings. The molecular weight excluding hydrogens is 212 g/mol. The zero-order valence-electron chi connectivity index (χ0n) is 8.89. The molecule has 0 saturated carbocycles. The van der Waals surface area contributed by atoms with Gasteiger partial charge in [-0.3, -0.25) is 4.68 Å². The minimum atomic E-state index is 0.481. The molecule has 0 aliphatic carbocycles. The average molecular weight is 224 g/mol. The van der Waals surface area contributed by atoms with Crippen LogP contribution in [0.3, 0.4) is 0 Å². The summed E-state index contributed by atoms with van der Waals surface area (Å²) < 4.78 is 7.23. The fourth-order valence-electron chi connectivity index (χ4n) is 1.34. The molecule has 2 aromatic heterocycles. The van der Waals surface area contributed by atoms with E-state index in [4.69, 9.17) is 4.42 Å². The van der Waals surface area contributed by atoms with Crippen molar-refractivity contribution in [2.45, 2.75) is 18.6 Å². The van der Waals surface area contributed by atoms with Crippen LogP contribution in [0.5, 0.6) is 0 Å². The number of aromatic nitrogens is 4. The lowest BCUT2D eigenvalue weighted by Crippen LogP contribution is -1.95. The lowest BCUT2D eigenvalue weighted by molar-refractivity contribution is 0.464. The van der Waals surface area contributed by atoms with E-state index in [1.807, 2.05) is 24.1 Å². The normalized spacial score (nSPS) is 10.9. The van der Waals surface area contributed by atoms with E-state index < -0.39 is 0 Å². The van der Waals surface area contributed by atoms with Crippen LogP contribution in [0.2, 0.25) is 0 Å². The van der Waals surface area contributed by atoms with Gasteiger partial charge < -0.3 is 4.42 Å². The number of rotatable bonds is 3. The maximum Gasteiger partial charge on any atom is 0.276 e. The van der Waals surface area contributed by atoms with Gasteiger partial charge in [-0.05, 0) is 18.7 Å². The molecule has 2 heterocycles. The van der Waals surface area contributed by atoms with Crippen LogP contribution in [0, 0.1) is 0 Å². The first-order valence-corrected chi connectivity index (χ1v) is 5.88. The Bertz CT molecular complexity index is 462. The summed E-state index contributed by atoms with van der Waals surface area (Å²) in [5, 5.41) is 12.7. The molecule has 80 valence electrons. The van der Waals surface area contributed by atoms with Crippen molar-refractivity contribution in [1.82, 2.24) is 20.0 Å². The van der Waals surface area contributed by atoms with Crippen LogP contribution in [-0.4, -0.2) is 26.2 Å². The zero-order valence-corrected chi connectivity index (χ0v) is 9.71. The van der Waals surface area contributed by atoms with Crippen molar-refractivity contribution in [3.63, 3.8) is 0 Å². The first kappa shape index (κ1) is 10.2. The van der Waals surface area contributed by atoms with Crippen LogP contribution in [0.4, 0.5) is 0 Å². The minimum Gasteiger partial charge on any atom is -0.410 e. The SMILES string of the molecule is CCc1cc(-c2nnc(SC)o2)nn1C. The lowest BCUT2D eigenvalue weighted by Gasteiger charge is -1.92. The van der Waals surface area contributed by atoms with E-state index in [2.05, 4.69) is 22.2 Å². The lowest BCUT2D eigenvalue weighted by atomic mass is 10.3. The fourth-order valence-corrected chi connectivity index (χ4v) is 1.62. The molecule has 0 fully saturated rings. The summed E-state index contributed by atoms with van der Waals surface area (Å²) in [6.07, 6.45) is 2.83. The molecule has 0 atom stereocenters. The molecule has 0 bridgehead atoms.